The molecule has 35 heavy (non-hydrogen) atoms. The monoisotopic (exact) mass is 484 g/mol. The lowest BCUT2D eigenvalue weighted by Crippen LogP contribution is -2.46. The van der Waals surface area contributed by atoms with Crippen molar-refractivity contribution < 1.29 is 24.6 Å². The largest absolute Gasteiger partial charge is 0.478 e. The Hall–Kier alpha value is -3.99. The van der Waals surface area contributed by atoms with Crippen molar-refractivity contribution in [2.45, 2.75) is 32.4 Å². The molecule has 0 saturated carbocycles. The van der Waals surface area contributed by atoms with E-state index in [-0.39, 0.29) is 24.4 Å². The molecular formula is C24H32N6O5. The number of nitrogens with two attached hydrogens (primary N) is 1. The first-order chi connectivity index (χ1) is 16.7. The highest BCUT2D eigenvalue weighted by atomic mass is 16.4. The lowest BCUT2D eigenvalue weighted by molar-refractivity contribution is -0.134. The van der Waals surface area contributed by atoms with Gasteiger partial charge in [-0.05, 0) is 25.3 Å². The van der Waals surface area contributed by atoms with E-state index in [1.807, 2.05) is 24.9 Å². The zero-order valence-electron chi connectivity index (χ0n) is 19.9. The number of likely N-dealkylation sites (N-methyl/N-ethyl adjacent to an activating group) is 1. The van der Waals surface area contributed by atoms with E-state index in [9.17, 15) is 14.4 Å². The van der Waals surface area contributed by atoms with Gasteiger partial charge in [0.15, 0.2) is 0 Å². The van der Waals surface area contributed by atoms with Crippen LogP contribution >= 0.6 is 0 Å². The highest BCUT2D eigenvalue weighted by Crippen LogP contribution is 2.18. The maximum Gasteiger partial charge on any atom is 0.328 e. The summed E-state index contributed by atoms with van der Waals surface area (Å²) in [5, 5.41) is 18.7. The molecule has 11 nitrogen and oxygen atoms in total. The van der Waals surface area contributed by atoms with Crippen LogP contribution in [0, 0.1) is 6.92 Å². The van der Waals surface area contributed by atoms with Crippen LogP contribution in [0.2, 0.25) is 0 Å². The lowest BCUT2D eigenvalue weighted by Gasteiger charge is -2.36. The van der Waals surface area contributed by atoms with E-state index in [0.717, 1.165) is 38.0 Å². The van der Waals surface area contributed by atoms with Crippen LogP contribution in [-0.2, 0) is 20.9 Å². The maximum absolute atomic E-state index is 12.6. The van der Waals surface area contributed by atoms with Gasteiger partial charge in [-0.25, -0.2) is 14.6 Å². The Morgan fingerprint density at radius 1 is 1.14 bits per heavy atom. The predicted molar refractivity (Wildman–Crippen MR) is 132 cm³/mol. The Morgan fingerprint density at radius 2 is 1.74 bits per heavy atom. The van der Waals surface area contributed by atoms with Crippen LogP contribution in [0.1, 0.15) is 24.0 Å². The summed E-state index contributed by atoms with van der Waals surface area (Å²) in [4.78, 5) is 44.1. The molecule has 11 heteroatoms. The molecule has 3 rings (SSSR count). The number of nitrogen functional groups attached to an aromatic ring is 1. The van der Waals surface area contributed by atoms with E-state index in [1.54, 1.807) is 6.20 Å². The second-order valence-corrected chi connectivity index (χ2v) is 8.12. The number of benzene rings is 1. The fraction of sp³-hybridized carbons (Fsp3) is 0.375. The highest BCUT2D eigenvalue weighted by Gasteiger charge is 2.25. The van der Waals surface area contributed by atoms with Gasteiger partial charge in [0.05, 0.1) is 6.54 Å². The van der Waals surface area contributed by atoms with Crippen molar-refractivity contribution in [1.29, 1.82) is 0 Å². The number of amides is 1. The second kappa shape index (κ2) is 13.7. The zero-order valence-corrected chi connectivity index (χ0v) is 19.9. The minimum atomic E-state index is -1.26. The number of hydrogen-bond donors (Lipinski definition) is 4. The van der Waals surface area contributed by atoms with E-state index >= 15 is 0 Å². The van der Waals surface area contributed by atoms with Gasteiger partial charge in [-0.15, -0.1) is 0 Å². The molecule has 1 saturated heterocycles. The van der Waals surface area contributed by atoms with Crippen molar-refractivity contribution in [2.24, 2.45) is 0 Å². The summed E-state index contributed by atoms with van der Waals surface area (Å²) in [5.41, 5.74) is 7.82. The third-order valence-corrected chi connectivity index (χ3v) is 5.51. The number of piperidine rings is 1. The number of nitrogens with one attached hydrogen (secondary N) is 1. The Kier molecular flexibility index (Phi) is 10.6. The van der Waals surface area contributed by atoms with Crippen LogP contribution in [0.4, 0.5) is 11.8 Å². The van der Waals surface area contributed by atoms with E-state index in [4.69, 9.17) is 15.9 Å². The fourth-order valence-electron chi connectivity index (χ4n) is 3.57. The van der Waals surface area contributed by atoms with Crippen molar-refractivity contribution in [3.05, 3.63) is 59.8 Å². The molecule has 0 aliphatic carbocycles. The highest BCUT2D eigenvalue weighted by molar-refractivity contribution is 5.89. The number of aromatic nitrogens is 2. The summed E-state index contributed by atoms with van der Waals surface area (Å²) in [6.07, 6.45) is 4.76. The Morgan fingerprint density at radius 3 is 2.31 bits per heavy atom. The molecule has 1 aliphatic heterocycles. The first-order valence-electron chi connectivity index (χ1n) is 11.1. The van der Waals surface area contributed by atoms with Gasteiger partial charge in [0.1, 0.15) is 5.82 Å². The third kappa shape index (κ3) is 9.80. The number of rotatable bonds is 8. The van der Waals surface area contributed by atoms with Crippen LogP contribution in [0.15, 0.2) is 48.7 Å². The minimum absolute atomic E-state index is 0.0630. The van der Waals surface area contributed by atoms with E-state index in [1.165, 1.54) is 5.56 Å². The Balaban J connectivity index is 0.000000466. The smallest absolute Gasteiger partial charge is 0.328 e. The third-order valence-electron chi connectivity index (χ3n) is 5.51. The quantitative estimate of drug-likeness (QED) is 0.405. The molecule has 0 radical (unpaired) electrons. The van der Waals surface area contributed by atoms with Gasteiger partial charge in [0.25, 0.3) is 0 Å². The zero-order chi connectivity index (χ0) is 25.8. The standard InChI is InChI=1S/C20H28N6O.C4H4O4/c1-15-12-23-20(21)24-19(15)22-13-18(27)25(2)17-8-10-26(11-9-17)14-16-6-4-3-5-7-16;5-3(6)1-2-4(7)8/h3-7,12,17H,8-11,13-14H2,1-2H3,(H3,21,22,23,24);1-2H,(H,5,6)(H,7,8)/b;2-1-. The number of carboxylic acids is 2. The SMILES string of the molecule is Cc1cnc(N)nc1NCC(=O)N(C)C1CCN(Cc2ccccc2)CC1.O=C(O)/C=C\C(=O)O. The molecule has 2 aromatic rings. The van der Waals surface area contributed by atoms with E-state index in [2.05, 4.69) is 44.5 Å². The minimum Gasteiger partial charge on any atom is -0.478 e. The molecule has 5 N–H and O–H groups in total. The number of carboxylic acid groups (broad SMARTS) is 2. The Bertz CT molecular complexity index is 1010. The van der Waals surface area contributed by atoms with Crippen LogP contribution < -0.4 is 11.1 Å². The summed E-state index contributed by atoms with van der Waals surface area (Å²) < 4.78 is 0. The van der Waals surface area contributed by atoms with Crippen LogP contribution in [0.5, 0.6) is 0 Å². The number of carbonyl (C=O) groups excluding carboxylic acids is 1. The van der Waals surface area contributed by atoms with E-state index in [0.29, 0.717) is 18.0 Å². The number of carbonyl (C=O) groups is 3. The number of aliphatic carboxylic acids is 2. The number of aryl methyl sites for hydroxylation is 1. The first kappa shape index (κ1) is 27.3. The van der Waals surface area contributed by atoms with Crippen LogP contribution in [0.3, 0.4) is 0 Å². The summed E-state index contributed by atoms with van der Waals surface area (Å²) in [7, 11) is 1.89. The molecule has 0 spiro atoms. The second-order valence-electron chi connectivity index (χ2n) is 8.12. The molecule has 2 heterocycles. The van der Waals surface area contributed by atoms with Crippen molar-refractivity contribution in [1.82, 2.24) is 19.8 Å². The summed E-state index contributed by atoms with van der Waals surface area (Å²) in [6.45, 7) is 5.08. The molecular weight excluding hydrogens is 452 g/mol. The van der Waals surface area contributed by atoms with Gasteiger partial charge >= 0.3 is 11.9 Å². The molecule has 0 atom stereocenters. The van der Waals surface area contributed by atoms with Crippen LogP contribution in [0.25, 0.3) is 0 Å². The average molecular weight is 485 g/mol. The van der Waals surface area contributed by atoms with Gasteiger partial charge in [-0.3, -0.25) is 9.69 Å². The number of likely N-dealkylation sites (tertiary alicyclic amines) is 1. The molecule has 1 fully saturated rings. The fourth-order valence-corrected chi connectivity index (χ4v) is 3.57. The van der Waals surface area contributed by atoms with Gasteiger partial charge in [-0.1, -0.05) is 30.3 Å². The Labute approximate surface area is 204 Å². The van der Waals surface area contributed by atoms with E-state index < -0.39 is 11.9 Å². The topological polar surface area (TPSA) is 162 Å². The van der Waals surface area contributed by atoms with Gasteiger partial charge in [-0.2, -0.15) is 4.98 Å². The molecule has 1 aromatic heterocycles. The van der Waals surface area contributed by atoms with Crippen molar-refractivity contribution in [2.75, 3.05) is 37.7 Å². The normalized spacial score (nSPS) is 14.1. The molecule has 188 valence electrons. The number of nitrogens with zero attached hydrogens (tertiary/aromatic N) is 4. The average Bonchev–Trinajstić information content (AvgIpc) is 2.84. The predicted octanol–water partition coefficient (Wildman–Crippen LogP) is 1.61. The summed E-state index contributed by atoms with van der Waals surface area (Å²) >= 11 is 0. The summed E-state index contributed by atoms with van der Waals surface area (Å²) in [6, 6.07) is 10.8. The molecule has 0 unspecified atom stereocenters. The number of hydrogen-bond acceptors (Lipinski definition) is 8. The first-order valence-corrected chi connectivity index (χ1v) is 11.1. The van der Waals surface area contributed by atoms with Crippen molar-refractivity contribution >= 4 is 29.6 Å². The molecule has 1 aromatic carbocycles. The molecule has 0 bridgehead atoms. The molecule has 1 aliphatic rings. The lowest BCUT2D eigenvalue weighted by atomic mass is 10.0. The summed E-state index contributed by atoms with van der Waals surface area (Å²) in [5.74, 6) is -1.63. The van der Waals surface area contributed by atoms with Crippen molar-refractivity contribution in [3.8, 4) is 0 Å². The van der Waals surface area contributed by atoms with Gasteiger partial charge in [0.2, 0.25) is 11.9 Å². The maximum atomic E-state index is 12.6. The molecule has 1 amide bonds. The number of anilines is 2. The van der Waals surface area contributed by atoms with Gasteiger partial charge in [0, 0.05) is 56.6 Å². The van der Waals surface area contributed by atoms with Crippen LogP contribution in [-0.4, -0.2) is 80.6 Å². The van der Waals surface area contributed by atoms with Crippen molar-refractivity contribution in [3.63, 3.8) is 0 Å². The van der Waals surface area contributed by atoms with Gasteiger partial charge < -0.3 is 26.2 Å².